The lowest BCUT2D eigenvalue weighted by atomic mass is 10.2. The smallest absolute Gasteiger partial charge is 0.297 e. The number of piperazine rings is 1. The van der Waals surface area contributed by atoms with Crippen LogP contribution >= 0.6 is 0 Å². The number of para-hydroxylation sites is 2. The molecule has 170 valence electrons. The largest absolute Gasteiger partial charge is 0.368 e. The van der Waals surface area contributed by atoms with Crippen molar-refractivity contribution in [3.8, 4) is 0 Å². The lowest BCUT2D eigenvalue weighted by Crippen LogP contribution is -2.50. The molecule has 0 aliphatic carbocycles. The summed E-state index contributed by atoms with van der Waals surface area (Å²) < 4.78 is 16.5. The Balaban J connectivity index is 1.41. The van der Waals surface area contributed by atoms with E-state index in [-0.39, 0.29) is 35.4 Å². The highest BCUT2D eigenvalue weighted by molar-refractivity contribution is 5.82. The molecule has 8 nitrogen and oxygen atoms in total. The van der Waals surface area contributed by atoms with Gasteiger partial charge in [0.05, 0.1) is 11.0 Å². The average Bonchev–Trinajstić information content (AvgIpc) is 3.28. The van der Waals surface area contributed by atoms with Crippen molar-refractivity contribution in [2.24, 2.45) is 0 Å². The summed E-state index contributed by atoms with van der Waals surface area (Å²) in [6.07, 6.45) is 0. The zero-order valence-electron chi connectivity index (χ0n) is 18.6. The van der Waals surface area contributed by atoms with Crippen LogP contribution in [0.15, 0.2) is 53.3 Å². The number of nitrogens with zero attached hydrogens (tertiary/aromatic N) is 6. The fraction of sp³-hybridized carbons (Fsp3) is 0.333. The van der Waals surface area contributed by atoms with Crippen molar-refractivity contribution in [1.29, 1.82) is 0 Å². The van der Waals surface area contributed by atoms with Crippen molar-refractivity contribution in [2.45, 2.75) is 26.3 Å². The van der Waals surface area contributed by atoms with Gasteiger partial charge in [-0.3, -0.25) is 18.6 Å². The van der Waals surface area contributed by atoms with Gasteiger partial charge in [-0.15, -0.1) is 10.2 Å². The molecule has 0 saturated carbocycles. The number of fused-ring (bicyclic) bond motifs is 3. The SMILES string of the molecule is CC(C)c1nnc2c(=O)n(CC(=O)N3CCN(c4ccc(F)cc4)CC3)c3ccccc3n12. The van der Waals surface area contributed by atoms with E-state index in [4.69, 9.17) is 0 Å². The van der Waals surface area contributed by atoms with Gasteiger partial charge in [-0.2, -0.15) is 0 Å². The second-order valence-corrected chi connectivity index (χ2v) is 8.60. The molecule has 33 heavy (non-hydrogen) atoms. The average molecular weight is 449 g/mol. The first kappa shape index (κ1) is 21.1. The lowest BCUT2D eigenvalue weighted by molar-refractivity contribution is -0.132. The van der Waals surface area contributed by atoms with Gasteiger partial charge in [-0.1, -0.05) is 26.0 Å². The molecule has 1 aliphatic heterocycles. The van der Waals surface area contributed by atoms with Gasteiger partial charge in [-0.25, -0.2) is 4.39 Å². The van der Waals surface area contributed by atoms with Crippen LogP contribution in [0.4, 0.5) is 10.1 Å². The molecular weight excluding hydrogens is 423 g/mol. The summed E-state index contributed by atoms with van der Waals surface area (Å²) in [4.78, 5) is 30.3. The number of hydrogen-bond donors (Lipinski definition) is 0. The number of amides is 1. The minimum atomic E-state index is -0.327. The topological polar surface area (TPSA) is 75.7 Å². The summed E-state index contributed by atoms with van der Waals surface area (Å²) in [5.74, 6) is 0.427. The molecule has 1 aliphatic rings. The van der Waals surface area contributed by atoms with E-state index in [2.05, 4.69) is 15.1 Å². The molecule has 1 saturated heterocycles. The highest BCUT2D eigenvalue weighted by Crippen LogP contribution is 2.20. The molecule has 5 rings (SSSR count). The number of halogens is 1. The van der Waals surface area contributed by atoms with Crippen molar-refractivity contribution in [2.75, 3.05) is 31.1 Å². The van der Waals surface area contributed by atoms with Crippen LogP contribution in [0.1, 0.15) is 25.6 Å². The van der Waals surface area contributed by atoms with Crippen LogP contribution in [-0.4, -0.2) is 56.2 Å². The molecule has 1 fully saturated rings. The molecule has 0 radical (unpaired) electrons. The molecule has 0 atom stereocenters. The predicted molar refractivity (Wildman–Crippen MR) is 124 cm³/mol. The van der Waals surface area contributed by atoms with Gasteiger partial charge in [-0.05, 0) is 36.4 Å². The van der Waals surface area contributed by atoms with Gasteiger partial charge in [0.25, 0.3) is 5.56 Å². The van der Waals surface area contributed by atoms with Crippen LogP contribution in [0.2, 0.25) is 0 Å². The van der Waals surface area contributed by atoms with E-state index in [1.54, 1.807) is 21.4 Å². The van der Waals surface area contributed by atoms with Crippen molar-refractivity contribution in [3.05, 3.63) is 70.5 Å². The number of anilines is 1. The third-order valence-corrected chi connectivity index (χ3v) is 6.17. The Hall–Kier alpha value is -3.75. The van der Waals surface area contributed by atoms with E-state index < -0.39 is 0 Å². The summed E-state index contributed by atoms with van der Waals surface area (Å²) in [5, 5.41) is 8.37. The van der Waals surface area contributed by atoms with Crippen molar-refractivity contribution < 1.29 is 9.18 Å². The Labute approximate surface area is 189 Å². The van der Waals surface area contributed by atoms with Gasteiger partial charge < -0.3 is 9.80 Å². The van der Waals surface area contributed by atoms with Crippen molar-refractivity contribution in [3.63, 3.8) is 0 Å². The second-order valence-electron chi connectivity index (χ2n) is 8.60. The maximum absolute atomic E-state index is 13.3. The minimum Gasteiger partial charge on any atom is -0.368 e. The first-order valence-corrected chi connectivity index (χ1v) is 11.1. The fourth-order valence-electron chi connectivity index (χ4n) is 4.42. The Kier molecular flexibility index (Phi) is 5.32. The predicted octanol–water partition coefficient (Wildman–Crippen LogP) is 2.66. The van der Waals surface area contributed by atoms with Gasteiger partial charge in [0.2, 0.25) is 11.6 Å². The second kappa shape index (κ2) is 8.31. The number of carbonyl (C=O) groups excluding carboxylic acids is 1. The van der Waals surface area contributed by atoms with Crippen LogP contribution in [0.25, 0.3) is 16.7 Å². The Morgan fingerprint density at radius 3 is 2.30 bits per heavy atom. The van der Waals surface area contributed by atoms with Crippen LogP contribution in [-0.2, 0) is 11.3 Å². The van der Waals surface area contributed by atoms with E-state index in [9.17, 15) is 14.0 Å². The van der Waals surface area contributed by atoms with Crippen LogP contribution in [0.5, 0.6) is 0 Å². The molecule has 2 aromatic heterocycles. The number of aromatic nitrogens is 4. The normalized spacial score (nSPS) is 14.5. The summed E-state index contributed by atoms with van der Waals surface area (Å²) in [7, 11) is 0. The zero-order valence-corrected chi connectivity index (χ0v) is 18.6. The standard InChI is InChI=1S/C24H25FN6O2/c1-16(2)22-26-27-23-24(33)30(19-5-3-4-6-20(19)31(22)23)15-21(32)29-13-11-28(12-14-29)18-9-7-17(25)8-10-18/h3-10,16H,11-15H2,1-2H3. The summed E-state index contributed by atoms with van der Waals surface area (Å²) in [6, 6.07) is 13.9. The number of carbonyl (C=O) groups is 1. The molecule has 0 spiro atoms. The molecule has 9 heteroatoms. The molecule has 0 bridgehead atoms. The molecule has 4 aromatic rings. The first-order valence-electron chi connectivity index (χ1n) is 11.1. The summed E-state index contributed by atoms with van der Waals surface area (Å²) in [6.45, 7) is 6.32. The monoisotopic (exact) mass is 448 g/mol. The van der Waals surface area contributed by atoms with Gasteiger partial charge in [0.1, 0.15) is 18.2 Å². The lowest BCUT2D eigenvalue weighted by Gasteiger charge is -2.36. The molecule has 1 amide bonds. The third kappa shape index (κ3) is 3.73. The minimum absolute atomic E-state index is 0.0593. The van der Waals surface area contributed by atoms with Crippen LogP contribution in [0.3, 0.4) is 0 Å². The Bertz CT molecular complexity index is 1380. The summed E-state index contributed by atoms with van der Waals surface area (Å²) >= 11 is 0. The van der Waals surface area contributed by atoms with Gasteiger partial charge in [0.15, 0.2) is 0 Å². The Morgan fingerprint density at radius 1 is 0.970 bits per heavy atom. The van der Waals surface area contributed by atoms with E-state index in [0.717, 1.165) is 11.2 Å². The van der Waals surface area contributed by atoms with E-state index >= 15 is 0 Å². The molecular formula is C24H25FN6O2. The molecule has 3 heterocycles. The number of rotatable bonds is 4. The highest BCUT2D eigenvalue weighted by atomic mass is 19.1. The van der Waals surface area contributed by atoms with E-state index in [1.165, 1.54) is 16.7 Å². The van der Waals surface area contributed by atoms with Gasteiger partial charge in [0, 0.05) is 37.8 Å². The van der Waals surface area contributed by atoms with Crippen LogP contribution in [0, 0.1) is 5.82 Å². The van der Waals surface area contributed by atoms with Gasteiger partial charge >= 0.3 is 0 Å². The van der Waals surface area contributed by atoms with Crippen molar-refractivity contribution in [1.82, 2.24) is 24.1 Å². The third-order valence-electron chi connectivity index (χ3n) is 6.17. The zero-order chi connectivity index (χ0) is 23.1. The highest BCUT2D eigenvalue weighted by Gasteiger charge is 2.24. The first-order chi connectivity index (χ1) is 15.9. The quantitative estimate of drug-likeness (QED) is 0.480. The number of benzene rings is 2. The fourth-order valence-corrected chi connectivity index (χ4v) is 4.42. The Morgan fingerprint density at radius 2 is 1.64 bits per heavy atom. The maximum atomic E-state index is 13.3. The van der Waals surface area contributed by atoms with Crippen LogP contribution < -0.4 is 10.5 Å². The molecule has 0 unspecified atom stereocenters. The van der Waals surface area contributed by atoms with Crippen molar-refractivity contribution >= 4 is 28.3 Å². The maximum Gasteiger partial charge on any atom is 0.297 e. The summed E-state index contributed by atoms with van der Waals surface area (Å²) in [5.41, 5.74) is 2.31. The number of hydrogen-bond acceptors (Lipinski definition) is 5. The molecule has 2 aromatic carbocycles. The molecule has 0 N–H and O–H groups in total. The van der Waals surface area contributed by atoms with E-state index in [0.29, 0.717) is 37.5 Å². The van der Waals surface area contributed by atoms with E-state index in [1.807, 2.05) is 38.1 Å².